The molecule has 3 heterocycles. The van der Waals surface area contributed by atoms with E-state index in [4.69, 9.17) is 0 Å². The van der Waals surface area contributed by atoms with Crippen LogP contribution in [0.5, 0.6) is 0 Å². The lowest BCUT2D eigenvalue weighted by Gasteiger charge is -2.07. The molecule has 0 aliphatic rings. The summed E-state index contributed by atoms with van der Waals surface area (Å²) in [6, 6.07) is 3.60. The normalized spacial score (nSPS) is 11.4. The van der Waals surface area contributed by atoms with Gasteiger partial charge in [-0.3, -0.25) is 9.48 Å². The molecule has 8 heteroatoms. The van der Waals surface area contributed by atoms with Crippen molar-refractivity contribution in [1.29, 1.82) is 0 Å². The van der Waals surface area contributed by atoms with Crippen molar-refractivity contribution in [2.45, 2.75) is 13.8 Å². The van der Waals surface area contributed by atoms with Gasteiger partial charge in [0.05, 0.1) is 23.1 Å². The van der Waals surface area contributed by atoms with Gasteiger partial charge in [0, 0.05) is 29.3 Å². The Hall–Kier alpha value is -2.74. The van der Waals surface area contributed by atoms with E-state index in [0.717, 1.165) is 26.9 Å². The fraction of sp³-hybridized carbons (Fsp3) is 0.176. The summed E-state index contributed by atoms with van der Waals surface area (Å²) in [5, 5.41) is 8.14. The molecule has 4 rings (SSSR count). The van der Waals surface area contributed by atoms with Crippen LogP contribution < -0.4 is 5.32 Å². The molecule has 0 bridgehead atoms. The van der Waals surface area contributed by atoms with E-state index in [1.807, 2.05) is 43.8 Å². The number of aryl methyl sites for hydroxylation is 3. The highest BCUT2D eigenvalue weighted by Crippen LogP contribution is 2.26. The second-order valence-corrected chi connectivity index (χ2v) is 6.79. The van der Waals surface area contributed by atoms with Gasteiger partial charge in [0.2, 0.25) is 0 Å². The van der Waals surface area contributed by atoms with Gasteiger partial charge in [0.15, 0.2) is 5.65 Å². The first-order valence-electron chi connectivity index (χ1n) is 7.68. The van der Waals surface area contributed by atoms with Crippen molar-refractivity contribution in [3.05, 3.63) is 52.1 Å². The Morgan fingerprint density at radius 1 is 1.16 bits per heavy atom. The topological polar surface area (TPSA) is 77.1 Å². The number of nitrogens with zero attached hydrogens (tertiary/aromatic N) is 5. The summed E-state index contributed by atoms with van der Waals surface area (Å²) in [5.41, 5.74) is 3.58. The Bertz CT molecular complexity index is 1140. The summed E-state index contributed by atoms with van der Waals surface area (Å²) < 4.78 is 4.46. The Morgan fingerprint density at radius 2 is 1.96 bits per heavy atom. The monoisotopic (exact) mass is 398 g/mol. The molecular weight excluding hydrogens is 384 g/mol. The molecule has 0 radical (unpaired) electrons. The molecular formula is C17H15BrN6O. The maximum Gasteiger partial charge on any atom is 0.259 e. The lowest BCUT2D eigenvalue weighted by atomic mass is 10.1. The van der Waals surface area contributed by atoms with Crippen LogP contribution in [-0.4, -0.2) is 30.1 Å². The highest BCUT2D eigenvalue weighted by Gasteiger charge is 2.16. The van der Waals surface area contributed by atoms with E-state index in [-0.39, 0.29) is 5.91 Å². The Balaban J connectivity index is 1.74. The molecule has 4 aromatic rings. The van der Waals surface area contributed by atoms with Crippen LogP contribution in [-0.2, 0) is 7.05 Å². The van der Waals surface area contributed by atoms with Crippen molar-refractivity contribution in [3.63, 3.8) is 0 Å². The third kappa shape index (κ3) is 2.68. The number of hydrogen-bond acceptors (Lipinski definition) is 4. The first kappa shape index (κ1) is 15.8. The molecule has 0 atom stereocenters. The third-order valence-electron chi connectivity index (χ3n) is 3.95. The van der Waals surface area contributed by atoms with Gasteiger partial charge in [-0.1, -0.05) is 15.9 Å². The second-order valence-electron chi connectivity index (χ2n) is 5.94. The third-order valence-corrected chi connectivity index (χ3v) is 4.64. The molecule has 126 valence electrons. The van der Waals surface area contributed by atoms with Gasteiger partial charge in [-0.15, -0.1) is 0 Å². The number of anilines is 1. The number of imidazole rings is 1. The molecule has 1 N–H and O–H groups in total. The molecule has 25 heavy (non-hydrogen) atoms. The lowest BCUT2D eigenvalue weighted by Crippen LogP contribution is -2.14. The van der Waals surface area contributed by atoms with E-state index < -0.39 is 0 Å². The minimum atomic E-state index is -0.251. The van der Waals surface area contributed by atoms with E-state index in [9.17, 15) is 4.79 Å². The first-order chi connectivity index (χ1) is 11.9. The zero-order valence-electron chi connectivity index (χ0n) is 13.9. The predicted octanol–water partition coefficient (Wildman–Crippen LogP) is 3.25. The molecule has 0 unspecified atom stereocenters. The predicted molar refractivity (Wildman–Crippen MR) is 98.8 cm³/mol. The summed E-state index contributed by atoms with van der Waals surface area (Å²) in [5.74, 6) is 0.221. The van der Waals surface area contributed by atoms with Gasteiger partial charge >= 0.3 is 0 Å². The Morgan fingerprint density at radius 3 is 2.76 bits per heavy atom. The van der Waals surface area contributed by atoms with Crippen molar-refractivity contribution >= 4 is 44.2 Å². The summed E-state index contributed by atoms with van der Waals surface area (Å²) >= 11 is 3.49. The zero-order chi connectivity index (χ0) is 17.7. The summed E-state index contributed by atoms with van der Waals surface area (Å²) in [4.78, 5) is 21.6. The standard InChI is InChI=1S/C17H15BrN6O/c1-9-6-24-8-14(20-10(2)16(24)19-9)21-17(25)11-4-5-13(18)12-7-23(3)22-15(11)12/h4-8H,1-3H3,(H,21,25). The number of carbonyl (C=O) groups excluding carboxylic acids is 1. The zero-order valence-corrected chi connectivity index (χ0v) is 15.5. The van der Waals surface area contributed by atoms with E-state index in [1.54, 1.807) is 16.9 Å². The second kappa shape index (κ2) is 5.66. The molecule has 0 saturated carbocycles. The van der Waals surface area contributed by atoms with E-state index in [0.29, 0.717) is 16.9 Å². The average Bonchev–Trinajstić information content (AvgIpc) is 3.10. The van der Waals surface area contributed by atoms with Gasteiger partial charge in [-0.05, 0) is 26.0 Å². The summed E-state index contributed by atoms with van der Waals surface area (Å²) in [7, 11) is 1.83. The quantitative estimate of drug-likeness (QED) is 0.562. The Labute approximate surface area is 151 Å². The maximum absolute atomic E-state index is 12.8. The van der Waals surface area contributed by atoms with Crippen molar-refractivity contribution in [2.75, 3.05) is 5.32 Å². The number of amides is 1. The molecule has 0 aliphatic heterocycles. The summed E-state index contributed by atoms with van der Waals surface area (Å²) in [6.45, 7) is 3.79. The number of carbonyl (C=O) groups is 1. The fourth-order valence-electron chi connectivity index (χ4n) is 2.89. The number of hydrogen-bond donors (Lipinski definition) is 1. The van der Waals surface area contributed by atoms with Crippen LogP contribution >= 0.6 is 15.9 Å². The van der Waals surface area contributed by atoms with Crippen molar-refractivity contribution < 1.29 is 4.79 Å². The molecule has 7 nitrogen and oxygen atoms in total. The number of benzene rings is 1. The van der Waals surface area contributed by atoms with Gasteiger partial charge in [0.1, 0.15) is 11.3 Å². The van der Waals surface area contributed by atoms with E-state index >= 15 is 0 Å². The van der Waals surface area contributed by atoms with Gasteiger partial charge in [0.25, 0.3) is 5.91 Å². The maximum atomic E-state index is 12.8. The molecule has 3 aromatic heterocycles. The number of rotatable bonds is 2. The minimum Gasteiger partial charge on any atom is -0.305 e. The molecule has 1 aromatic carbocycles. The fourth-order valence-corrected chi connectivity index (χ4v) is 3.31. The van der Waals surface area contributed by atoms with E-state index in [1.165, 1.54) is 0 Å². The van der Waals surface area contributed by atoms with Crippen LogP contribution in [0.3, 0.4) is 0 Å². The van der Waals surface area contributed by atoms with Crippen LogP contribution in [0.4, 0.5) is 5.82 Å². The number of fused-ring (bicyclic) bond motifs is 2. The van der Waals surface area contributed by atoms with E-state index in [2.05, 4.69) is 36.3 Å². The Kier molecular flexibility index (Phi) is 3.57. The average molecular weight is 399 g/mol. The highest BCUT2D eigenvalue weighted by atomic mass is 79.9. The van der Waals surface area contributed by atoms with Crippen LogP contribution in [0.1, 0.15) is 21.7 Å². The summed E-state index contributed by atoms with van der Waals surface area (Å²) in [6.07, 6.45) is 5.53. The van der Waals surface area contributed by atoms with Crippen molar-refractivity contribution in [3.8, 4) is 0 Å². The first-order valence-corrected chi connectivity index (χ1v) is 8.48. The van der Waals surface area contributed by atoms with Gasteiger partial charge in [-0.2, -0.15) is 5.10 Å². The molecule has 0 spiro atoms. The smallest absolute Gasteiger partial charge is 0.259 e. The van der Waals surface area contributed by atoms with Crippen LogP contribution in [0, 0.1) is 13.8 Å². The molecule has 0 fully saturated rings. The largest absolute Gasteiger partial charge is 0.305 e. The molecule has 1 amide bonds. The SMILES string of the molecule is Cc1cn2cc(NC(=O)c3ccc(Br)c4cn(C)nc34)nc(C)c2n1. The van der Waals surface area contributed by atoms with Crippen LogP contribution in [0.25, 0.3) is 16.6 Å². The van der Waals surface area contributed by atoms with Crippen LogP contribution in [0.15, 0.2) is 35.2 Å². The number of aromatic nitrogens is 5. The van der Waals surface area contributed by atoms with Crippen molar-refractivity contribution in [1.82, 2.24) is 24.1 Å². The molecule has 0 aliphatic carbocycles. The lowest BCUT2D eigenvalue weighted by molar-refractivity contribution is 0.102. The molecule has 0 saturated heterocycles. The van der Waals surface area contributed by atoms with Crippen molar-refractivity contribution in [2.24, 2.45) is 7.05 Å². The number of nitrogens with one attached hydrogen (secondary N) is 1. The minimum absolute atomic E-state index is 0.251. The van der Waals surface area contributed by atoms with Gasteiger partial charge < -0.3 is 9.72 Å². The highest BCUT2D eigenvalue weighted by molar-refractivity contribution is 9.10. The van der Waals surface area contributed by atoms with Gasteiger partial charge in [-0.25, -0.2) is 9.97 Å². The van der Waals surface area contributed by atoms with Crippen LogP contribution in [0.2, 0.25) is 0 Å². The number of halogens is 1.